The van der Waals surface area contributed by atoms with E-state index in [0.717, 1.165) is 5.52 Å². The van der Waals surface area contributed by atoms with Crippen LogP contribution in [0.5, 0.6) is 0 Å². The number of hydrogen-bond acceptors (Lipinski definition) is 2. The van der Waals surface area contributed by atoms with Gasteiger partial charge in [0.2, 0.25) is 0 Å². The molecular formula is C14H16N2. The molecule has 16 heavy (non-hydrogen) atoms. The molecule has 2 heteroatoms. The van der Waals surface area contributed by atoms with Gasteiger partial charge in [0, 0.05) is 17.6 Å². The molecule has 1 unspecified atom stereocenters. The van der Waals surface area contributed by atoms with Crippen molar-refractivity contribution in [2.24, 2.45) is 11.1 Å². The van der Waals surface area contributed by atoms with Gasteiger partial charge in [0.05, 0.1) is 5.52 Å². The summed E-state index contributed by atoms with van der Waals surface area (Å²) in [6, 6.07) is 10.6. The quantitative estimate of drug-likeness (QED) is 0.831. The summed E-state index contributed by atoms with van der Waals surface area (Å²) >= 11 is 0. The standard InChI is InChI=1S/C14H16N2/c1-14(6-7-14)13(15)11-4-5-12-10(9-11)3-2-8-16-12/h2-5,8-9,13H,6-7,15H2,1H3. The first kappa shape index (κ1) is 9.79. The highest BCUT2D eigenvalue weighted by Gasteiger charge is 2.43. The number of nitrogens with two attached hydrogens (primary N) is 1. The van der Waals surface area contributed by atoms with E-state index in [1.165, 1.54) is 23.8 Å². The molecule has 82 valence electrons. The van der Waals surface area contributed by atoms with Crippen LogP contribution in [0.25, 0.3) is 10.9 Å². The van der Waals surface area contributed by atoms with Crippen LogP contribution in [0, 0.1) is 5.41 Å². The van der Waals surface area contributed by atoms with Crippen LogP contribution in [0.15, 0.2) is 36.5 Å². The minimum absolute atomic E-state index is 0.164. The molecule has 0 saturated heterocycles. The predicted molar refractivity (Wildman–Crippen MR) is 66.0 cm³/mol. The molecule has 3 rings (SSSR count). The Morgan fingerprint density at radius 2 is 2.12 bits per heavy atom. The molecule has 1 aromatic heterocycles. The largest absolute Gasteiger partial charge is 0.323 e. The zero-order valence-electron chi connectivity index (χ0n) is 9.48. The second-order valence-corrected chi connectivity index (χ2v) is 5.09. The smallest absolute Gasteiger partial charge is 0.0702 e. The Morgan fingerprint density at radius 3 is 2.88 bits per heavy atom. The van der Waals surface area contributed by atoms with Crippen LogP contribution < -0.4 is 5.73 Å². The van der Waals surface area contributed by atoms with Crippen molar-refractivity contribution in [1.82, 2.24) is 4.98 Å². The highest BCUT2D eigenvalue weighted by atomic mass is 14.7. The second kappa shape index (κ2) is 3.29. The summed E-state index contributed by atoms with van der Waals surface area (Å²) in [5.74, 6) is 0. The van der Waals surface area contributed by atoms with E-state index < -0.39 is 0 Å². The maximum atomic E-state index is 6.31. The van der Waals surface area contributed by atoms with Gasteiger partial charge in [-0.1, -0.05) is 19.1 Å². The second-order valence-electron chi connectivity index (χ2n) is 5.09. The summed E-state index contributed by atoms with van der Waals surface area (Å²) in [6.45, 7) is 2.27. The Labute approximate surface area is 95.5 Å². The monoisotopic (exact) mass is 212 g/mol. The summed E-state index contributed by atoms with van der Waals surface area (Å²) in [5.41, 5.74) is 8.91. The maximum Gasteiger partial charge on any atom is 0.0702 e. The zero-order chi connectivity index (χ0) is 11.2. The van der Waals surface area contributed by atoms with Crippen molar-refractivity contribution >= 4 is 10.9 Å². The maximum absolute atomic E-state index is 6.31. The van der Waals surface area contributed by atoms with Gasteiger partial charge in [0.15, 0.2) is 0 Å². The molecule has 0 spiro atoms. The number of benzene rings is 1. The van der Waals surface area contributed by atoms with Gasteiger partial charge < -0.3 is 5.73 Å². The minimum atomic E-state index is 0.164. The van der Waals surface area contributed by atoms with E-state index >= 15 is 0 Å². The zero-order valence-corrected chi connectivity index (χ0v) is 9.48. The van der Waals surface area contributed by atoms with Crippen LogP contribution in [0.4, 0.5) is 0 Å². The van der Waals surface area contributed by atoms with Gasteiger partial charge in [-0.3, -0.25) is 4.98 Å². The molecule has 1 fully saturated rings. The third-order valence-corrected chi connectivity index (χ3v) is 3.78. The summed E-state index contributed by atoms with van der Waals surface area (Å²) in [6.07, 6.45) is 4.32. The molecule has 2 aromatic rings. The molecule has 1 aromatic carbocycles. The molecule has 2 nitrogen and oxygen atoms in total. The highest BCUT2D eigenvalue weighted by Crippen LogP contribution is 2.53. The molecule has 0 radical (unpaired) electrons. The van der Waals surface area contributed by atoms with Crippen LogP contribution in [-0.2, 0) is 0 Å². The lowest BCUT2D eigenvalue weighted by atomic mass is 9.92. The van der Waals surface area contributed by atoms with Gasteiger partial charge >= 0.3 is 0 Å². The Hall–Kier alpha value is -1.41. The van der Waals surface area contributed by atoms with E-state index in [1.54, 1.807) is 0 Å². The van der Waals surface area contributed by atoms with Crippen LogP contribution in [0.3, 0.4) is 0 Å². The van der Waals surface area contributed by atoms with E-state index in [9.17, 15) is 0 Å². The van der Waals surface area contributed by atoms with E-state index in [2.05, 4.69) is 36.2 Å². The summed E-state index contributed by atoms with van der Waals surface area (Å²) in [7, 11) is 0. The van der Waals surface area contributed by atoms with E-state index in [-0.39, 0.29) is 6.04 Å². The average molecular weight is 212 g/mol. The Kier molecular flexibility index (Phi) is 2.01. The van der Waals surface area contributed by atoms with Gasteiger partial charge in [-0.15, -0.1) is 0 Å². The molecular weight excluding hydrogens is 196 g/mol. The highest BCUT2D eigenvalue weighted by molar-refractivity contribution is 5.79. The summed E-state index contributed by atoms with van der Waals surface area (Å²) < 4.78 is 0. The summed E-state index contributed by atoms with van der Waals surface area (Å²) in [4.78, 5) is 4.32. The average Bonchev–Trinajstić information content (AvgIpc) is 3.07. The third-order valence-electron chi connectivity index (χ3n) is 3.78. The molecule has 1 aliphatic carbocycles. The van der Waals surface area contributed by atoms with Crippen LogP contribution >= 0.6 is 0 Å². The van der Waals surface area contributed by atoms with E-state index in [4.69, 9.17) is 5.73 Å². The first-order valence-electron chi connectivity index (χ1n) is 5.79. The van der Waals surface area contributed by atoms with Crippen molar-refractivity contribution in [2.75, 3.05) is 0 Å². The molecule has 1 saturated carbocycles. The van der Waals surface area contributed by atoms with Gasteiger partial charge in [-0.05, 0) is 42.0 Å². The number of rotatable bonds is 2. The van der Waals surface area contributed by atoms with E-state index in [1.807, 2.05) is 12.3 Å². The number of fused-ring (bicyclic) bond motifs is 1. The molecule has 1 heterocycles. The fraction of sp³-hybridized carbons (Fsp3) is 0.357. The molecule has 0 aliphatic heterocycles. The molecule has 0 amide bonds. The van der Waals surface area contributed by atoms with Gasteiger partial charge in [-0.25, -0.2) is 0 Å². The van der Waals surface area contributed by atoms with Crippen molar-refractivity contribution in [1.29, 1.82) is 0 Å². The van der Waals surface area contributed by atoms with Crippen molar-refractivity contribution < 1.29 is 0 Å². The SMILES string of the molecule is CC1(C(N)c2ccc3ncccc3c2)CC1. The van der Waals surface area contributed by atoms with Crippen molar-refractivity contribution in [3.63, 3.8) is 0 Å². The molecule has 2 N–H and O–H groups in total. The minimum Gasteiger partial charge on any atom is -0.323 e. The van der Waals surface area contributed by atoms with Crippen molar-refractivity contribution in [3.05, 3.63) is 42.1 Å². The number of aromatic nitrogens is 1. The third kappa shape index (κ3) is 1.50. The molecule has 1 atom stereocenters. The number of nitrogens with zero attached hydrogens (tertiary/aromatic N) is 1. The lowest BCUT2D eigenvalue weighted by molar-refractivity contribution is 0.451. The Morgan fingerprint density at radius 1 is 1.31 bits per heavy atom. The topological polar surface area (TPSA) is 38.9 Å². The lowest BCUT2D eigenvalue weighted by Crippen LogP contribution is -2.19. The normalized spacial score (nSPS) is 19.6. The van der Waals surface area contributed by atoms with Gasteiger partial charge in [0.25, 0.3) is 0 Å². The number of pyridine rings is 1. The van der Waals surface area contributed by atoms with Crippen molar-refractivity contribution in [2.45, 2.75) is 25.8 Å². The molecule has 1 aliphatic rings. The number of hydrogen-bond donors (Lipinski definition) is 1. The lowest BCUT2D eigenvalue weighted by Gasteiger charge is -2.19. The Balaban J connectivity index is 2.05. The first-order valence-corrected chi connectivity index (χ1v) is 5.79. The molecule has 0 bridgehead atoms. The summed E-state index contributed by atoms with van der Waals surface area (Å²) in [5, 5.41) is 1.18. The van der Waals surface area contributed by atoms with Crippen LogP contribution in [-0.4, -0.2) is 4.98 Å². The van der Waals surface area contributed by atoms with Gasteiger partial charge in [-0.2, -0.15) is 0 Å². The van der Waals surface area contributed by atoms with Gasteiger partial charge in [0.1, 0.15) is 0 Å². The fourth-order valence-electron chi connectivity index (χ4n) is 2.20. The van der Waals surface area contributed by atoms with Crippen molar-refractivity contribution in [3.8, 4) is 0 Å². The van der Waals surface area contributed by atoms with Crippen LogP contribution in [0.1, 0.15) is 31.4 Å². The fourth-order valence-corrected chi connectivity index (χ4v) is 2.20. The first-order chi connectivity index (χ1) is 7.69. The Bertz CT molecular complexity index is 529. The van der Waals surface area contributed by atoms with Crippen LogP contribution in [0.2, 0.25) is 0 Å². The van der Waals surface area contributed by atoms with E-state index in [0.29, 0.717) is 5.41 Å². The predicted octanol–water partition coefficient (Wildman–Crippen LogP) is 3.03.